The fourth-order valence-corrected chi connectivity index (χ4v) is 4.09. The molecule has 5 heteroatoms. The van der Waals surface area contributed by atoms with Gasteiger partial charge in [-0.25, -0.2) is 0 Å². The molecule has 0 N–H and O–H groups in total. The van der Waals surface area contributed by atoms with E-state index in [0.717, 1.165) is 5.56 Å². The Balaban J connectivity index is 1.82. The first-order chi connectivity index (χ1) is 12.9. The number of hydrogen-bond acceptors (Lipinski definition) is 3. The van der Waals surface area contributed by atoms with Crippen LogP contribution in [0.1, 0.15) is 38.7 Å². The lowest BCUT2D eigenvalue weighted by Gasteiger charge is -2.31. The van der Waals surface area contributed by atoms with Crippen molar-refractivity contribution in [2.45, 2.75) is 45.7 Å². The molecule has 0 aromatic heterocycles. The van der Waals surface area contributed by atoms with E-state index in [4.69, 9.17) is 0 Å². The first-order valence-electron chi connectivity index (χ1n) is 9.71. The van der Waals surface area contributed by atoms with E-state index in [1.807, 2.05) is 56.3 Å². The van der Waals surface area contributed by atoms with Gasteiger partial charge in [0.1, 0.15) is 6.04 Å². The molecular weight excluding hydrogens is 340 g/mol. The largest absolute Gasteiger partial charge is 0.340 e. The number of carbonyl (C=O) groups is 3. The average molecular weight is 368 g/mol. The molecule has 3 unspecified atom stereocenters. The summed E-state index contributed by atoms with van der Waals surface area (Å²) in [5.41, 5.74) is 1.02. The number of nitrogens with zero attached hydrogens (tertiary/aromatic N) is 2. The zero-order valence-electron chi connectivity index (χ0n) is 16.3. The Bertz CT molecular complexity index is 715. The second-order valence-corrected chi connectivity index (χ2v) is 8.03. The molecule has 27 heavy (non-hydrogen) atoms. The second-order valence-electron chi connectivity index (χ2n) is 8.03. The van der Waals surface area contributed by atoms with Crippen molar-refractivity contribution in [1.82, 2.24) is 9.80 Å². The molecule has 0 bridgehead atoms. The van der Waals surface area contributed by atoms with Gasteiger partial charge in [0, 0.05) is 13.6 Å². The zero-order chi connectivity index (χ0) is 19.6. The van der Waals surface area contributed by atoms with Crippen molar-refractivity contribution in [3.63, 3.8) is 0 Å². The highest BCUT2D eigenvalue weighted by Crippen LogP contribution is 2.37. The molecule has 3 atom stereocenters. The number of amides is 3. The maximum absolute atomic E-state index is 13.2. The van der Waals surface area contributed by atoms with Gasteiger partial charge in [0.25, 0.3) is 0 Å². The fourth-order valence-electron chi connectivity index (χ4n) is 4.09. The van der Waals surface area contributed by atoms with Crippen LogP contribution in [0.25, 0.3) is 0 Å². The van der Waals surface area contributed by atoms with Crippen LogP contribution < -0.4 is 0 Å². The number of hydrogen-bond donors (Lipinski definition) is 0. The number of allylic oxidation sites excluding steroid dienone is 2. The van der Waals surface area contributed by atoms with Crippen LogP contribution >= 0.6 is 0 Å². The molecule has 1 heterocycles. The summed E-state index contributed by atoms with van der Waals surface area (Å²) in [7, 11) is 1.74. The highest BCUT2D eigenvalue weighted by atomic mass is 16.2. The van der Waals surface area contributed by atoms with Crippen LogP contribution in [0.2, 0.25) is 0 Å². The number of imide groups is 1. The Morgan fingerprint density at radius 3 is 2.15 bits per heavy atom. The molecule has 0 saturated carbocycles. The van der Waals surface area contributed by atoms with Gasteiger partial charge in [0.15, 0.2) is 0 Å². The van der Waals surface area contributed by atoms with Gasteiger partial charge in [0.05, 0.1) is 11.8 Å². The maximum atomic E-state index is 13.2. The van der Waals surface area contributed by atoms with Gasteiger partial charge < -0.3 is 4.90 Å². The molecule has 1 saturated heterocycles. The molecular formula is C22H28N2O3. The van der Waals surface area contributed by atoms with E-state index in [1.54, 1.807) is 11.9 Å². The van der Waals surface area contributed by atoms with Crippen molar-refractivity contribution in [2.24, 2.45) is 17.8 Å². The minimum atomic E-state index is -0.718. The Kier molecular flexibility index (Phi) is 5.78. The molecule has 1 aliphatic heterocycles. The van der Waals surface area contributed by atoms with Crippen LogP contribution in [0.5, 0.6) is 0 Å². The average Bonchev–Trinajstić information content (AvgIpc) is 2.91. The molecule has 1 aromatic carbocycles. The summed E-state index contributed by atoms with van der Waals surface area (Å²) in [6.07, 6.45) is 5.61. The van der Waals surface area contributed by atoms with Gasteiger partial charge in [-0.2, -0.15) is 0 Å². The molecule has 3 rings (SSSR count). The summed E-state index contributed by atoms with van der Waals surface area (Å²) in [5, 5.41) is 0. The molecule has 144 valence electrons. The van der Waals surface area contributed by atoms with Gasteiger partial charge in [-0.1, -0.05) is 56.3 Å². The van der Waals surface area contributed by atoms with Crippen LogP contribution in [0.15, 0.2) is 42.5 Å². The number of likely N-dealkylation sites (N-methyl/N-ethyl adjacent to an activating group) is 1. The lowest BCUT2D eigenvalue weighted by atomic mass is 9.85. The van der Waals surface area contributed by atoms with E-state index in [2.05, 4.69) is 0 Å². The fraction of sp³-hybridized carbons (Fsp3) is 0.500. The van der Waals surface area contributed by atoms with Gasteiger partial charge in [-0.05, 0) is 30.7 Å². The normalized spacial score (nSPS) is 22.9. The number of rotatable bonds is 6. The Morgan fingerprint density at radius 2 is 1.63 bits per heavy atom. The third kappa shape index (κ3) is 3.97. The van der Waals surface area contributed by atoms with Crippen molar-refractivity contribution >= 4 is 17.7 Å². The van der Waals surface area contributed by atoms with Crippen molar-refractivity contribution in [1.29, 1.82) is 0 Å². The standard InChI is InChI=1S/C22H28N2O3/c1-15(2)13-19(22(27)23(3)14-16-9-5-4-6-10-16)24-20(25)17-11-7-8-12-18(17)21(24)26/h4-10,15,17-19H,11-14H2,1-3H3. The predicted molar refractivity (Wildman–Crippen MR) is 103 cm³/mol. The van der Waals surface area contributed by atoms with Gasteiger partial charge in [-0.15, -0.1) is 0 Å². The van der Waals surface area contributed by atoms with Crippen LogP contribution in [0.3, 0.4) is 0 Å². The van der Waals surface area contributed by atoms with Crippen molar-refractivity contribution in [3.05, 3.63) is 48.0 Å². The molecule has 0 radical (unpaired) electrons. The topological polar surface area (TPSA) is 57.7 Å². The minimum absolute atomic E-state index is 0.166. The smallest absolute Gasteiger partial charge is 0.245 e. The highest BCUT2D eigenvalue weighted by Gasteiger charge is 2.51. The van der Waals surface area contributed by atoms with E-state index in [9.17, 15) is 14.4 Å². The molecule has 0 spiro atoms. The summed E-state index contributed by atoms with van der Waals surface area (Å²) < 4.78 is 0. The van der Waals surface area contributed by atoms with E-state index >= 15 is 0 Å². The summed E-state index contributed by atoms with van der Waals surface area (Å²) in [6, 6.07) is 9.02. The van der Waals surface area contributed by atoms with Gasteiger partial charge in [0.2, 0.25) is 17.7 Å². The van der Waals surface area contributed by atoms with E-state index in [-0.39, 0.29) is 35.5 Å². The Labute approximate surface area is 161 Å². The number of fused-ring (bicyclic) bond motifs is 1. The number of likely N-dealkylation sites (tertiary alicyclic amines) is 1. The first kappa shape index (κ1) is 19.3. The van der Waals surface area contributed by atoms with Crippen LogP contribution in [-0.2, 0) is 20.9 Å². The molecule has 1 aliphatic carbocycles. The lowest BCUT2D eigenvalue weighted by molar-refractivity contribution is -0.152. The van der Waals surface area contributed by atoms with Gasteiger partial charge >= 0.3 is 0 Å². The Morgan fingerprint density at radius 1 is 1.07 bits per heavy atom. The van der Waals surface area contributed by atoms with Crippen molar-refractivity contribution in [3.8, 4) is 0 Å². The second kappa shape index (κ2) is 8.07. The van der Waals surface area contributed by atoms with Gasteiger partial charge in [-0.3, -0.25) is 19.3 Å². The summed E-state index contributed by atoms with van der Waals surface area (Å²) in [4.78, 5) is 42.1. The van der Waals surface area contributed by atoms with Crippen molar-refractivity contribution in [2.75, 3.05) is 7.05 Å². The quantitative estimate of drug-likeness (QED) is 0.573. The van der Waals surface area contributed by atoms with E-state index in [0.29, 0.717) is 25.8 Å². The summed E-state index contributed by atoms with van der Waals surface area (Å²) in [6.45, 7) is 4.48. The van der Waals surface area contributed by atoms with Crippen LogP contribution in [0, 0.1) is 17.8 Å². The first-order valence-corrected chi connectivity index (χ1v) is 9.71. The monoisotopic (exact) mass is 368 g/mol. The highest BCUT2D eigenvalue weighted by molar-refractivity contribution is 6.08. The molecule has 2 aliphatic rings. The molecule has 1 aromatic rings. The third-order valence-corrected chi connectivity index (χ3v) is 5.47. The van der Waals surface area contributed by atoms with E-state index < -0.39 is 6.04 Å². The van der Waals surface area contributed by atoms with Crippen LogP contribution in [-0.4, -0.2) is 40.6 Å². The maximum Gasteiger partial charge on any atom is 0.245 e. The number of benzene rings is 1. The molecule has 5 nitrogen and oxygen atoms in total. The molecule has 3 amide bonds. The summed E-state index contributed by atoms with van der Waals surface area (Å²) >= 11 is 0. The van der Waals surface area contributed by atoms with Crippen LogP contribution in [0.4, 0.5) is 0 Å². The summed E-state index contributed by atoms with van der Waals surface area (Å²) in [5.74, 6) is -0.928. The zero-order valence-corrected chi connectivity index (χ0v) is 16.3. The minimum Gasteiger partial charge on any atom is -0.340 e. The predicted octanol–water partition coefficient (Wildman–Crippen LogP) is 3.01. The Hall–Kier alpha value is -2.43. The third-order valence-electron chi connectivity index (χ3n) is 5.47. The lowest BCUT2D eigenvalue weighted by Crippen LogP contribution is -2.50. The number of carbonyl (C=O) groups excluding carboxylic acids is 3. The van der Waals surface area contributed by atoms with Crippen molar-refractivity contribution < 1.29 is 14.4 Å². The van der Waals surface area contributed by atoms with E-state index in [1.165, 1.54) is 4.90 Å². The SMILES string of the molecule is CC(C)CC(C(=O)N(C)Cc1ccccc1)N1C(=O)C2CC=CCC2C1=O. The molecule has 1 fully saturated rings.